The zero-order chi connectivity index (χ0) is 19.7. The van der Waals surface area contributed by atoms with Crippen molar-refractivity contribution in [2.75, 3.05) is 18.0 Å². The van der Waals surface area contributed by atoms with Crippen LogP contribution >= 0.6 is 11.6 Å². The smallest absolute Gasteiger partial charge is 0.222 e. The quantitative estimate of drug-likeness (QED) is 0.705. The van der Waals surface area contributed by atoms with Crippen LogP contribution in [0.1, 0.15) is 31.2 Å². The summed E-state index contributed by atoms with van der Waals surface area (Å²) in [6.07, 6.45) is 2.38. The maximum absolute atomic E-state index is 11.7. The second kappa shape index (κ2) is 7.71. The molecule has 3 heterocycles. The number of fused-ring (bicyclic) bond motifs is 1. The van der Waals surface area contributed by atoms with Crippen LogP contribution in [0.3, 0.4) is 0 Å². The van der Waals surface area contributed by atoms with Gasteiger partial charge in [0.15, 0.2) is 17.0 Å². The molecule has 1 atom stereocenters. The van der Waals surface area contributed by atoms with Crippen molar-refractivity contribution in [3.63, 3.8) is 0 Å². The van der Waals surface area contributed by atoms with E-state index in [1.807, 2.05) is 31.2 Å². The SMILES string of the molecule is CCc1nc(N2CCC[C@H](C(N)=O)C2)c2nnn(Cc3ccccc3Cl)c2n1. The molecule has 0 radical (unpaired) electrons. The minimum atomic E-state index is -0.270. The maximum Gasteiger partial charge on any atom is 0.222 e. The predicted octanol–water partition coefficient (Wildman–Crippen LogP) is 2.19. The molecular formula is C19H22ClN7O. The lowest BCUT2D eigenvalue weighted by atomic mass is 9.97. The Balaban J connectivity index is 1.75. The number of rotatable bonds is 5. The summed E-state index contributed by atoms with van der Waals surface area (Å²) < 4.78 is 1.75. The molecule has 1 fully saturated rings. The molecule has 28 heavy (non-hydrogen) atoms. The van der Waals surface area contributed by atoms with E-state index in [0.29, 0.717) is 41.5 Å². The van der Waals surface area contributed by atoms with Gasteiger partial charge in [-0.1, -0.05) is 41.9 Å². The van der Waals surface area contributed by atoms with Crippen LogP contribution in [0.5, 0.6) is 0 Å². The molecule has 9 heteroatoms. The van der Waals surface area contributed by atoms with Gasteiger partial charge in [0.1, 0.15) is 5.82 Å². The Bertz CT molecular complexity index is 1020. The number of carbonyl (C=O) groups is 1. The first-order valence-corrected chi connectivity index (χ1v) is 9.82. The average Bonchev–Trinajstić information content (AvgIpc) is 3.11. The number of amides is 1. The van der Waals surface area contributed by atoms with Crippen molar-refractivity contribution in [1.29, 1.82) is 0 Å². The molecule has 0 spiro atoms. The van der Waals surface area contributed by atoms with Crippen LogP contribution in [0.4, 0.5) is 5.82 Å². The third kappa shape index (κ3) is 3.52. The van der Waals surface area contributed by atoms with Gasteiger partial charge in [0, 0.05) is 24.5 Å². The molecule has 1 aromatic carbocycles. The fourth-order valence-corrected chi connectivity index (χ4v) is 3.76. The third-order valence-electron chi connectivity index (χ3n) is 5.11. The van der Waals surface area contributed by atoms with Crippen molar-refractivity contribution in [2.24, 2.45) is 11.7 Å². The standard InChI is InChI=1S/C19H22ClN7O/c1-2-15-22-18(26-9-5-7-13(10-26)17(21)28)16-19(23-15)27(25-24-16)11-12-6-3-4-8-14(12)20/h3-4,6,8,13H,2,5,7,9-11H2,1H3,(H2,21,28)/t13-/m0/s1. The van der Waals surface area contributed by atoms with E-state index in [0.717, 1.165) is 30.8 Å². The van der Waals surface area contributed by atoms with Crippen molar-refractivity contribution in [2.45, 2.75) is 32.7 Å². The lowest BCUT2D eigenvalue weighted by Crippen LogP contribution is -2.41. The van der Waals surface area contributed by atoms with Crippen molar-refractivity contribution >= 4 is 34.5 Å². The number of carbonyl (C=O) groups excluding carboxylic acids is 1. The van der Waals surface area contributed by atoms with Crippen molar-refractivity contribution in [3.05, 3.63) is 40.7 Å². The Morgan fingerprint density at radius 3 is 2.89 bits per heavy atom. The number of hydrogen-bond acceptors (Lipinski definition) is 6. The molecule has 8 nitrogen and oxygen atoms in total. The van der Waals surface area contributed by atoms with Gasteiger partial charge in [-0.2, -0.15) is 0 Å². The molecule has 146 valence electrons. The highest BCUT2D eigenvalue weighted by Gasteiger charge is 2.27. The van der Waals surface area contributed by atoms with Crippen LogP contribution < -0.4 is 10.6 Å². The number of hydrogen-bond donors (Lipinski definition) is 1. The van der Waals surface area contributed by atoms with Gasteiger partial charge >= 0.3 is 0 Å². The average molecular weight is 400 g/mol. The van der Waals surface area contributed by atoms with E-state index in [1.165, 1.54) is 0 Å². The van der Waals surface area contributed by atoms with Crippen LogP contribution in [0.2, 0.25) is 5.02 Å². The molecule has 0 aliphatic carbocycles. The van der Waals surface area contributed by atoms with Crippen LogP contribution in [0.15, 0.2) is 24.3 Å². The summed E-state index contributed by atoms with van der Waals surface area (Å²) in [6.45, 7) is 3.83. The van der Waals surface area contributed by atoms with Crippen molar-refractivity contribution in [1.82, 2.24) is 25.0 Å². The Hall–Kier alpha value is -2.74. The number of halogens is 1. The lowest BCUT2D eigenvalue weighted by molar-refractivity contribution is -0.122. The number of benzene rings is 1. The molecule has 1 aliphatic rings. The first-order chi connectivity index (χ1) is 13.6. The molecule has 1 aliphatic heterocycles. The molecule has 3 aromatic rings. The van der Waals surface area contributed by atoms with E-state index < -0.39 is 0 Å². The van der Waals surface area contributed by atoms with E-state index in [-0.39, 0.29) is 11.8 Å². The Morgan fingerprint density at radius 1 is 1.32 bits per heavy atom. The minimum Gasteiger partial charge on any atom is -0.369 e. The summed E-state index contributed by atoms with van der Waals surface area (Å²) in [6, 6.07) is 7.65. The molecule has 0 bridgehead atoms. The molecule has 2 N–H and O–H groups in total. The van der Waals surface area contributed by atoms with Crippen LogP contribution in [0, 0.1) is 5.92 Å². The maximum atomic E-state index is 11.7. The van der Waals surface area contributed by atoms with Gasteiger partial charge in [0.05, 0.1) is 12.5 Å². The fraction of sp³-hybridized carbons (Fsp3) is 0.421. The van der Waals surface area contributed by atoms with Gasteiger partial charge in [-0.15, -0.1) is 5.10 Å². The number of aromatic nitrogens is 5. The van der Waals surface area contributed by atoms with E-state index in [2.05, 4.69) is 20.2 Å². The number of piperidine rings is 1. The lowest BCUT2D eigenvalue weighted by Gasteiger charge is -2.32. The van der Waals surface area contributed by atoms with E-state index in [1.54, 1.807) is 4.68 Å². The zero-order valence-electron chi connectivity index (χ0n) is 15.7. The zero-order valence-corrected chi connectivity index (χ0v) is 16.4. The predicted molar refractivity (Wildman–Crippen MR) is 107 cm³/mol. The molecule has 0 saturated carbocycles. The molecule has 2 aromatic heterocycles. The van der Waals surface area contributed by atoms with E-state index in [9.17, 15) is 4.79 Å². The van der Waals surface area contributed by atoms with Gasteiger partial charge < -0.3 is 10.6 Å². The Labute approximate surface area is 167 Å². The molecule has 1 amide bonds. The number of primary amides is 1. The van der Waals surface area contributed by atoms with Gasteiger partial charge in [-0.25, -0.2) is 14.6 Å². The summed E-state index contributed by atoms with van der Waals surface area (Å²) in [5.74, 6) is 0.986. The first-order valence-electron chi connectivity index (χ1n) is 9.44. The van der Waals surface area contributed by atoms with Crippen molar-refractivity contribution in [3.8, 4) is 0 Å². The van der Waals surface area contributed by atoms with Crippen molar-refractivity contribution < 1.29 is 4.79 Å². The summed E-state index contributed by atoms with van der Waals surface area (Å²) in [7, 11) is 0. The highest BCUT2D eigenvalue weighted by atomic mass is 35.5. The van der Waals surface area contributed by atoms with Gasteiger partial charge in [-0.05, 0) is 24.5 Å². The number of nitrogens with zero attached hydrogens (tertiary/aromatic N) is 6. The summed E-state index contributed by atoms with van der Waals surface area (Å²) >= 11 is 6.30. The Kier molecular flexibility index (Phi) is 5.13. The topological polar surface area (TPSA) is 103 Å². The molecule has 4 rings (SSSR count). The molecule has 0 unspecified atom stereocenters. The number of nitrogens with two attached hydrogens (primary N) is 1. The monoisotopic (exact) mass is 399 g/mol. The van der Waals surface area contributed by atoms with Gasteiger partial charge in [-0.3, -0.25) is 4.79 Å². The second-order valence-electron chi connectivity index (χ2n) is 7.02. The first kappa shape index (κ1) is 18.6. The highest BCUT2D eigenvalue weighted by molar-refractivity contribution is 6.31. The summed E-state index contributed by atoms with van der Waals surface area (Å²) in [4.78, 5) is 23.1. The fourth-order valence-electron chi connectivity index (χ4n) is 3.56. The van der Waals surface area contributed by atoms with Crippen LogP contribution in [-0.2, 0) is 17.8 Å². The second-order valence-corrected chi connectivity index (χ2v) is 7.42. The van der Waals surface area contributed by atoms with Crippen LogP contribution in [0.25, 0.3) is 11.2 Å². The largest absolute Gasteiger partial charge is 0.369 e. The number of aryl methyl sites for hydroxylation is 1. The highest BCUT2D eigenvalue weighted by Crippen LogP contribution is 2.27. The molecule has 1 saturated heterocycles. The Morgan fingerprint density at radius 2 is 2.14 bits per heavy atom. The molecular weight excluding hydrogens is 378 g/mol. The third-order valence-corrected chi connectivity index (χ3v) is 5.48. The van der Waals surface area contributed by atoms with E-state index >= 15 is 0 Å². The minimum absolute atomic E-state index is 0.179. The normalized spacial score (nSPS) is 17.2. The van der Waals surface area contributed by atoms with Gasteiger partial charge in [0.25, 0.3) is 0 Å². The number of anilines is 1. The summed E-state index contributed by atoms with van der Waals surface area (Å²) in [5, 5.41) is 9.33. The van der Waals surface area contributed by atoms with Gasteiger partial charge in [0.2, 0.25) is 5.91 Å². The van der Waals surface area contributed by atoms with E-state index in [4.69, 9.17) is 22.3 Å². The summed E-state index contributed by atoms with van der Waals surface area (Å²) in [5.41, 5.74) is 7.79. The van der Waals surface area contributed by atoms with Crippen LogP contribution in [-0.4, -0.2) is 44.0 Å².